The Bertz CT molecular complexity index is 906. The summed E-state index contributed by atoms with van der Waals surface area (Å²) < 4.78 is 0. The van der Waals surface area contributed by atoms with Gasteiger partial charge in [0.15, 0.2) is 0 Å². The van der Waals surface area contributed by atoms with E-state index >= 15 is 0 Å². The minimum absolute atomic E-state index is 0.786. The molecule has 3 aromatic carbocycles. The molecule has 0 saturated carbocycles. The number of allylic oxidation sites excluding steroid dienone is 1. The van der Waals surface area contributed by atoms with Crippen LogP contribution in [-0.2, 0) is 6.42 Å². The van der Waals surface area contributed by atoms with Gasteiger partial charge in [-0.15, -0.1) is 0 Å². The van der Waals surface area contributed by atoms with Gasteiger partial charge in [-0.3, -0.25) is 0 Å². The molecule has 0 radical (unpaired) electrons. The molecule has 0 atom stereocenters. The minimum atomic E-state index is 0.786. The molecule has 0 unspecified atom stereocenters. The molecule has 0 aromatic heterocycles. The Labute approximate surface area is 130 Å². The van der Waals surface area contributed by atoms with Crippen LogP contribution in [0.1, 0.15) is 23.1 Å². The van der Waals surface area contributed by atoms with E-state index in [9.17, 15) is 0 Å². The van der Waals surface area contributed by atoms with Gasteiger partial charge < -0.3 is 11.5 Å². The van der Waals surface area contributed by atoms with Crippen LogP contribution in [0.15, 0.2) is 66.4 Å². The average molecular weight is 286 g/mol. The van der Waals surface area contributed by atoms with E-state index in [-0.39, 0.29) is 0 Å². The van der Waals surface area contributed by atoms with E-state index in [1.807, 2.05) is 6.07 Å². The second kappa shape index (κ2) is 4.92. The summed E-state index contributed by atoms with van der Waals surface area (Å²) in [7, 11) is 0. The minimum Gasteiger partial charge on any atom is -0.402 e. The summed E-state index contributed by atoms with van der Waals surface area (Å²) in [5.41, 5.74) is 19.2. The standard InChI is InChI=1S/C20H18N2/c21-17-11-9-13-5-1-3-7-15(13)19(17)20-16-8-4-2-6-14(16)10-12-18(20)22/h1-9,11H,10,12,21-22H2. The predicted octanol–water partition coefficient (Wildman–Crippen LogP) is 4.09. The number of nitrogen functional groups attached to an aromatic ring is 1. The van der Waals surface area contributed by atoms with Crippen LogP contribution in [0.2, 0.25) is 0 Å². The van der Waals surface area contributed by atoms with Crippen LogP contribution in [-0.4, -0.2) is 0 Å². The number of hydrogen-bond acceptors (Lipinski definition) is 2. The van der Waals surface area contributed by atoms with Crippen molar-refractivity contribution in [1.29, 1.82) is 0 Å². The Morgan fingerprint density at radius 2 is 1.50 bits per heavy atom. The first-order valence-electron chi connectivity index (χ1n) is 7.60. The quantitative estimate of drug-likeness (QED) is 0.662. The molecule has 22 heavy (non-hydrogen) atoms. The molecule has 4 N–H and O–H groups in total. The summed E-state index contributed by atoms with van der Waals surface area (Å²) >= 11 is 0. The maximum Gasteiger partial charge on any atom is 0.0401 e. The number of anilines is 1. The first-order chi connectivity index (χ1) is 10.8. The lowest BCUT2D eigenvalue weighted by Gasteiger charge is -2.23. The molecule has 4 rings (SSSR count). The van der Waals surface area contributed by atoms with E-state index in [0.717, 1.165) is 40.7 Å². The van der Waals surface area contributed by atoms with Crippen LogP contribution in [0, 0.1) is 0 Å². The third kappa shape index (κ3) is 1.88. The fraction of sp³-hybridized carbons (Fsp3) is 0.100. The van der Waals surface area contributed by atoms with E-state index in [1.54, 1.807) is 0 Å². The molecule has 0 heterocycles. The third-order valence-electron chi connectivity index (χ3n) is 4.48. The van der Waals surface area contributed by atoms with Crippen molar-refractivity contribution in [2.75, 3.05) is 5.73 Å². The van der Waals surface area contributed by atoms with Gasteiger partial charge in [0, 0.05) is 22.5 Å². The maximum absolute atomic E-state index is 6.41. The fourth-order valence-corrected chi connectivity index (χ4v) is 3.41. The van der Waals surface area contributed by atoms with Crippen LogP contribution >= 0.6 is 0 Å². The lowest BCUT2D eigenvalue weighted by molar-refractivity contribution is 0.905. The van der Waals surface area contributed by atoms with Crippen molar-refractivity contribution in [3.8, 4) is 0 Å². The summed E-state index contributed by atoms with van der Waals surface area (Å²) in [4.78, 5) is 0. The van der Waals surface area contributed by atoms with Crippen molar-refractivity contribution in [2.24, 2.45) is 5.73 Å². The average Bonchev–Trinajstić information content (AvgIpc) is 2.56. The van der Waals surface area contributed by atoms with Crippen molar-refractivity contribution in [3.63, 3.8) is 0 Å². The van der Waals surface area contributed by atoms with E-state index in [2.05, 4.69) is 54.6 Å². The fourth-order valence-electron chi connectivity index (χ4n) is 3.41. The highest BCUT2D eigenvalue weighted by Crippen LogP contribution is 2.40. The number of benzene rings is 3. The lowest BCUT2D eigenvalue weighted by Crippen LogP contribution is -2.13. The third-order valence-corrected chi connectivity index (χ3v) is 4.48. The first kappa shape index (κ1) is 13.0. The molecule has 108 valence electrons. The van der Waals surface area contributed by atoms with Crippen molar-refractivity contribution < 1.29 is 0 Å². The van der Waals surface area contributed by atoms with Gasteiger partial charge in [-0.1, -0.05) is 54.6 Å². The maximum atomic E-state index is 6.41. The van der Waals surface area contributed by atoms with Crippen LogP contribution in [0.5, 0.6) is 0 Å². The number of aryl methyl sites for hydroxylation is 1. The van der Waals surface area contributed by atoms with Crippen LogP contribution in [0.4, 0.5) is 5.69 Å². The molecular formula is C20H18N2. The van der Waals surface area contributed by atoms with Crippen molar-refractivity contribution >= 4 is 22.0 Å². The number of fused-ring (bicyclic) bond motifs is 2. The Balaban J connectivity index is 2.09. The second-order valence-electron chi connectivity index (χ2n) is 5.81. The normalized spacial score (nSPS) is 14.2. The van der Waals surface area contributed by atoms with Crippen molar-refractivity contribution in [3.05, 3.63) is 83.1 Å². The smallest absolute Gasteiger partial charge is 0.0401 e. The molecule has 0 saturated heterocycles. The summed E-state index contributed by atoms with van der Waals surface area (Å²) in [6.45, 7) is 0. The highest BCUT2D eigenvalue weighted by atomic mass is 14.6. The second-order valence-corrected chi connectivity index (χ2v) is 5.81. The Kier molecular flexibility index (Phi) is 2.90. The molecular weight excluding hydrogens is 268 g/mol. The van der Waals surface area contributed by atoms with Gasteiger partial charge >= 0.3 is 0 Å². The van der Waals surface area contributed by atoms with Gasteiger partial charge in [0.1, 0.15) is 0 Å². The largest absolute Gasteiger partial charge is 0.402 e. The van der Waals surface area contributed by atoms with Crippen LogP contribution in [0.25, 0.3) is 16.3 Å². The molecule has 2 nitrogen and oxygen atoms in total. The molecule has 1 aliphatic carbocycles. The number of nitrogens with two attached hydrogens (primary N) is 2. The molecule has 0 fully saturated rings. The number of rotatable bonds is 1. The summed E-state index contributed by atoms with van der Waals surface area (Å²) in [5, 5.41) is 2.35. The molecule has 1 aliphatic rings. The molecule has 0 spiro atoms. The Morgan fingerprint density at radius 1 is 0.727 bits per heavy atom. The molecule has 0 amide bonds. The van der Waals surface area contributed by atoms with Gasteiger partial charge in [-0.25, -0.2) is 0 Å². The van der Waals surface area contributed by atoms with Crippen molar-refractivity contribution in [2.45, 2.75) is 12.8 Å². The molecule has 0 bridgehead atoms. The van der Waals surface area contributed by atoms with E-state index in [1.165, 1.54) is 16.5 Å². The van der Waals surface area contributed by atoms with Crippen LogP contribution < -0.4 is 11.5 Å². The van der Waals surface area contributed by atoms with Gasteiger partial charge in [-0.05, 0) is 40.8 Å². The predicted molar refractivity (Wildman–Crippen MR) is 93.3 cm³/mol. The summed E-state index contributed by atoms with van der Waals surface area (Å²) in [6, 6.07) is 20.9. The Hall–Kier alpha value is -2.74. The van der Waals surface area contributed by atoms with E-state index < -0.39 is 0 Å². The molecule has 2 heteroatoms. The Morgan fingerprint density at radius 3 is 2.41 bits per heavy atom. The SMILES string of the molecule is NC1=C(c2c(N)ccc3ccccc23)c2ccccc2CC1. The topological polar surface area (TPSA) is 52.0 Å². The van der Waals surface area contributed by atoms with E-state index in [4.69, 9.17) is 11.5 Å². The van der Waals surface area contributed by atoms with Gasteiger partial charge in [0.2, 0.25) is 0 Å². The van der Waals surface area contributed by atoms with Gasteiger partial charge in [-0.2, -0.15) is 0 Å². The summed E-state index contributed by atoms with van der Waals surface area (Å²) in [5.74, 6) is 0. The van der Waals surface area contributed by atoms with Gasteiger partial charge in [0.25, 0.3) is 0 Å². The van der Waals surface area contributed by atoms with Crippen molar-refractivity contribution in [1.82, 2.24) is 0 Å². The van der Waals surface area contributed by atoms with Gasteiger partial charge in [0.05, 0.1) is 0 Å². The number of hydrogen-bond donors (Lipinski definition) is 2. The monoisotopic (exact) mass is 286 g/mol. The highest BCUT2D eigenvalue weighted by molar-refractivity contribution is 6.03. The highest BCUT2D eigenvalue weighted by Gasteiger charge is 2.21. The first-order valence-corrected chi connectivity index (χ1v) is 7.60. The lowest BCUT2D eigenvalue weighted by atomic mass is 9.83. The zero-order valence-electron chi connectivity index (χ0n) is 12.3. The van der Waals surface area contributed by atoms with Crippen LogP contribution in [0.3, 0.4) is 0 Å². The summed E-state index contributed by atoms with van der Waals surface area (Å²) in [6.07, 6.45) is 1.88. The van der Waals surface area contributed by atoms with E-state index in [0.29, 0.717) is 0 Å². The zero-order valence-corrected chi connectivity index (χ0v) is 12.3. The molecule has 3 aromatic rings. The zero-order chi connectivity index (χ0) is 15.1. The molecule has 0 aliphatic heterocycles.